The number of nitrogens with one attached hydrogen (secondary N) is 1. The molecule has 0 aliphatic carbocycles. The first-order valence-electron chi connectivity index (χ1n) is 9.23. The molecule has 0 bridgehead atoms. The van der Waals surface area contributed by atoms with Crippen LogP contribution in [-0.4, -0.2) is 13.0 Å². The van der Waals surface area contributed by atoms with Gasteiger partial charge in [-0.15, -0.1) is 0 Å². The number of halogens is 2. The number of methoxy groups -OCH3 is 1. The summed E-state index contributed by atoms with van der Waals surface area (Å²) in [7, 11) is 1.52. The van der Waals surface area contributed by atoms with Gasteiger partial charge in [0.1, 0.15) is 18.2 Å². The Morgan fingerprint density at radius 2 is 1.81 bits per heavy atom. The molecule has 0 spiro atoms. The van der Waals surface area contributed by atoms with Crippen molar-refractivity contribution in [3.8, 4) is 17.6 Å². The number of hydrogen-bond donors (Lipinski definition) is 1. The molecular weight excluding hydrogens is 435 g/mol. The molecule has 0 aliphatic rings. The summed E-state index contributed by atoms with van der Waals surface area (Å²) in [6.07, 6.45) is 1.47. The van der Waals surface area contributed by atoms with Crippen LogP contribution in [0.2, 0.25) is 10.0 Å². The van der Waals surface area contributed by atoms with E-state index in [1.807, 2.05) is 18.2 Å². The van der Waals surface area contributed by atoms with Crippen LogP contribution in [0.3, 0.4) is 0 Å². The fourth-order valence-electron chi connectivity index (χ4n) is 2.70. The zero-order valence-electron chi connectivity index (χ0n) is 16.6. The summed E-state index contributed by atoms with van der Waals surface area (Å²) >= 11 is 12.0. The third-order valence-electron chi connectivity index (χ3n) is 4.29. The van der Waals surface area contributed by atoms with E-state index in [1.54, 1.807) is 54.6 Å². The molecule has 0 saturated carbocycles. The van der Waals surface area contributed by atoms with Crippen LogP contribution in [0, 0.1) is 11.3 Å². The van der Waals surface area contributed by atoms with Gasteiger partial charge in [-0.25, -0.2) is 0 Å². The lowest BCUT2D eigenvalue weighted by Gasteiger charge is -2.12. The van der Waals surface area contributed by atoms with Crippen LogP contribution in [0.15, 0.2) is 72.3 Å². The van der Waals surface area contributed by atoms with Gasteiger partial charge in [0.25, 0.3) is 5.91 Å². The topological polar surface area (TPSA) is 71.3 Å². The van der Waals surface area contributed by atoms with Crippen molar-refractivity contribution in [1.82, 2.24) is 0 Å². The number of carbonyl (C=O) groups excluding carboxylic acids is 1. The molecule has 31 heavy (non-hydrogen) atoms. The monoisotopic (exact) mass is 452 g/mol. The van der Waals surface area contributed by atoms with Crippen LogP contribution in [-0.2, 0) is 11.4 Å². The van der Waals surface area contributed by atoms with Crippen molar-refractivity contribution in [2.45, 2.75) is 6.61 Å². The number of ether oxygens (including phenoxy) is 2. The average molecular weight is 453 g/mol. The lowest BCUT2D eigenvalue weighted by molar-refractivity contribution is -0.112. The number of nitrogens with zero attached hydrogens (tertiary/aromatic N) is 1. The van der Waals surface area contributed by atoms with Crippen LogP contribution in [0.1, 0.15) is 11.1 Å². The Hall–Kier alpha value is -3.46. The Morgan fingerprint density at radius 1 is 1.06 bits per heavy atom. The predicted octanol–water partition coefficient (Wildman–Crippen LogP) is 6.13. The first-order chi connectivity index (χ1) is 15.0. The Balaban J connectivity index is 1.75. The summed E-state index contributed by atoms with van der Waals surface area (Å²) in [6.45, 7) is 0.340. The highest BCUT2D eigenvalue weighted by atomic mass is 35.5. The van der Waals surface area contributed by atoms with Crippen molar-refractivity contribution in [3.05, 3.63) is 93.5 Å². The zero-order chi connectivity index (χ0) is 22.2. The number of carbonyl (C=O) groups is 1. The molecule has 0 heterocycles. The summed E-state index contributed by atoms with van der Waals surface area (Å²) < 4.78 is 11.2. The van der Waals surface area contributed by atoms with E-state index < -0.39 is 5.91 Å². The molecule has 5 nitrogen and oxygen atoms in total. The molecule has 1 N–H and O–H groups in total. The molecule has 3 aromatic rings. The van der Waals surface area contributed by atoms with Crippen molar-refractivity contribution in [2.24, 2.45) is 0 Å². The van der Waals surface area contributed by atoms with E-state index >= 15 is 0 Å². The third kappa shape index (κ3) is 6.02. The smallest absolute Gasteiger partial charge is 0.266 e. The fraction of sp³-hybridized carbons (Fsp3) is 0.0833. The number of nitriles is 1. The van der Waals surface area contributed by atoms with Crippen LogP contribution in [0.5, 0.6) is 11.5 Å². The van der Waals surface area contributed by atoms with Gasteiger partial charge >= 0.3 is 0 Å². The van der Waals surface area contributed by atoms with Gasteiger partial charge in [-0.2, -0.15) is 5.26 Å². The van der Waals surface area contributed by atoms with Crippen molar-refractivity contribution < 1.29 is 14.3 Å². The molecule has 0 radical (unpaired) electrons. The molecule has 0 aliphatic heterocycles. The number of hydrogen-bond acceptors (Lipinski definition) is 4. The molecule has 0 atom stereocenters. The van der Waals surface area contributed by atoms with Gasteiger partial charge in [0.2, 0.25) is 0 Å². The van der Waals surface area contributed by atoms with Crippen molar-refractivity contribution in [3.63, 3.8) is 0 Å². The average Bonchev–Trinajstić information content (AvgIpc) is 2.78. The van der Waals surface area contributed by atoms with E-state index in [-0.39, 0.29) is 5.57 Å². The summed E-state index contributed by atoms with van der Waals surface area (Å²) in [4.78, 5) is 12.5. The molecule has 3 aromatic carbocycles. The normalized spacial score (nSPS) is 10.8. The van der Waals surface area contributed by atoms with Crippen molar-refractivity contribution >= 4 is 40.9 Å². The second kappa shape index (κ2) is 10.5. The molecule has 0 saturated heterocycles. The molecule has 3 rings (SSSR count). The minimum Gasteiger partial charge on any atom is -0.493 e. The maximum atomic E-state index is 12.5. The highest BCUT2D eigenvalue weighted by Gasteiger charge is 2.12. The van der Waals surface area contributed by atoms with E-state index in [2.05, 4.69) is 5.32 Å². The number of anilines is 1. The Labute approximate surface area is 190 Å². The second-order valence-corrected chi connectivity index (χ2v) is 7.27. The Kier molecular flexibility index (Phi) is 7.55. The maximum Gasteiger partial charge on any atom is 0.266 e. The van der Waals surface area contributed by atoms with Gasteiger partial charge in [0, 0.05) is 5.02 Å². The van der Waals surface area contributed by atoms with Crippen molar-refractivity contribution in [2.75, 3.05) is 12.4 Å². The van der Waals surface area contributed by atoms with E-state index in [0.29, 0.717) is 39.4 Å². The number of amides is 1. The summed E-state index contributed by atoms with van der Waals surface area (Å²) in [5.41, 5.74) is 1.93. The first-order valence-corrected chi connectivity index (χ1v) is 9.98. The molecular formula is C24H18Cl2N2O3. The lowest BCUT2D eigenvalue weighted by Crippen LogP contribution is -2.13. The molecule has 0 aromatic heterocycles. The number of benzene rings is 3. The molecule has 7 heteroatoms. The third-order valence-corrected chi connectivity index (χ3v) is 4.87. The van der Waals surface area contributed by atoms with Crippen LogP contribution >= 0.6 is 23.2 Å². The lowest BCUT2D eigenvalue weighted by atomic mass is 10.1. The van der Waals surface area contributed by atoms with Gasteiger partial charge in [-0.1, -0.05) is 53.5 Å². The summed E-state index contributed by atoms with van der Waals surface area (Å²) in [6, 6.07) is 21.2. The van der Waals surface area contributed by atoms with Crippen molar-refractivity contribution in [1.29, 1.82) is 5.26 Å². The van der Waals surface area contributed by atoms with Crippen LogP contribution < -0.4 is 14.8 Å². The van der Waals surface area contributed by atoms with Gasteiger partial charge in [0.05, 0.1) is 17.8 Å². The zero-order valence-corrected chi connectivity index (χ0v) is 18.1. The van der Waals surface area contributed by atoms with Gasteiger partial charge in [-0.3, -0.25) is 4.79 Å². The maximum absolute atomic E-state index is 12.5. The predicted molar refractivity (Wildman–Crippen MR) is 122 cm³/mol. The Bertz CT molecular complexity index is 1150. The number of para-hydroxylation sites is 1. The highest BCUT2D eigenvalue weighted by Crippen LogP contribution is 2.30. The minimum absolute atomic E-state index is 0.0724. The van der Waals surface area contributed by atoms with E-state index in [9.17, 15) is 10.1 Å². The largest absolute Gasteiger partial charge is 0.493 e. The van der Waals surface area contributed by atoms with Gasteiger partial charge in [-0.05, 0) is 53.6 Å². The fourth-order valence-corrected chi connectivity index (χ4v) is 3.01. The van der Waals surface area contributed by atoms with E-state index in [1.165, 1.54) is 13.2 Å². The van der Waals surface area contributed by atoms with Crippen LogP contribution in [0.4, 0.5) is 5.69 Å². The quantitative estimate of drug-likeness (QED) is 0.345. The number of rotatable bonds is 7. The standard InChI is InChI=1S/C24H18Cl2N2O3/c1-30-23-13-17(8-11-22(23)31-15-16-6-9-19(25)10-7-16)12-18(14-27)24(29)28-21-5-3-2-4-20(21)26/h2-13H,15H2,1H3,(H,28,29)/b18-12-. The first kappa shape index (κ1) is 22.2. The molecule has 0 fully saturated rings. The molecule has 156 valence electrons. The minimum atomic E-state index is -0.558. The van der Waals surface area contributed by atoms with E-state index in [4.69, 9.17) is 32.7 Å². The molecule has 1 amide bonds. The van der Waals surface area contributed by atoms with Crippen LogP contribution in [0.25, 0.3) is 6.08 Å². The Morgan fingerprint density at radius 3 is 2.48 bits per heavy atom. The van der Waals surface area contributed by atoms with Gasteiger partial charge < -0.3 is 14.8 Å². The summed E-state index contributed by atoms with van der Waals surface area (Å²) in [5, 5.41) is 13.1. The highest BCUT2D eigenvalue weighted by molar-refractivity contribution is 6.34. The second-order valence-electron chi connectivity index (χ2n) is 6.43. The van der Waals surface area contributed by atoms with E-state index in [0.717, 1.165) is 5.56 Å². The molecule has 0 unspecified atom stereocenters. The summed E-state index contributed by atoms with van der Waals surface area (Å²) in [5.74, 6) is 0.456. The van der Waals surface area contributed by atoms with Gasteiger partial charge in [0.15, 0.2) is 11.5 Å². The SMILES string of the molecule is COc1cc(/C=C(/C#N)C(=O)Nc2ccccc2Cl)ccc1OCc1ccc(Cl)cc1.